The summed E-state index contributed by atoms with van der Waals surface area (Å²) in [5, 5.41) is 3.29. The van der Waals surface area contributed by atoms with E-state index < -0.39 is 5.54 Å². The summed E-state index contributed by atoms with van der Waals surface area (Å²) in [6.45, 7) is 5.06. The van der Waals surface area contributed by atoms with E-state index in [1.165, 1.54) is 32.1 Å². The van der Waals surface area contributed by atoms with Crippen LogP contribution < -0.4 is 11.1 Å². The Morgan fingerprint density at radius 2 is 2.10 bits per heavy atom. The highest BCUT2D eigenvalue weighted by Gasteiger charge is 2.44. The molecule has 1 amide bonds. The molecule has 0 heterocycles. The van der Waals surface area contributed by atoms with Crippen molar-refractivity contribution in [3.05, 3.63) is 0 Å². The van der Waals surface area contributed by atoms with Gasteiger partial charge in [0.25, 0.3) is 0 Å². The number of carbonyl (C=O) groups excluding carboxylic acids is 1. The van der Waals surface area contributed by atoms with Crippen LogP contribution in [0.5, 0.6) is 0 Å². The molecule has 0 aliphatic heterocycles. The van der Waals surface area contributed by atoms with E-state index in [1.54, 1.807) is 0 Å². The Balaban J connectivity index is 1.87. The smallest absolute Gasteiger partial charge is 0.237 e. The van der Waals surface area contributed by atoms with E-state index in [0.717, 1.165) is 31.7 Å². The largest absolute Gasteiger partial charge is 0.375 e. The van der Waals surface area contributed by atoms with Gasteiger partial charge in [-0.3, -0.25) is 4.79 Å². The van der Waals surface area contributed by atoms with E-state index in [4.69, 9.17) is 10.5 Å². The molecule has 0 aromatic carbocycles. The van der Waals surface area contributed by atoms with Gasteiger partial charge in [-0.05, 0) is 38.1 Å². The Hall–Kier alpha value is -0.610. The Morgan fingerprint density at radius 3 is 2.75 bits per heavy atom. The number of nitrogens with one attached hydrogen (secondary N) is 1. The van der Waals surface area contributed by atoms with Crippen LogP contribution in [0.4, 0.5) is 0 Å². The second kappa shape index (κ2) is 6.90. The minimum absolute atomic E-state index is 0.196. The summed E-state index contributed by atoms with van der Waals surface area (Å²) in [7, 11) is 0. The lowest BCUT2D eigenvalue weighted by Crippen LogP contribution is -2.54. The summed E-state index contributed by atoms with van der Waals surface area (Å²) in [5.74, 6) is 0.602. The van der Waals surface area contributed by atoms with E-state index in [2.05, 4.69) is 12.2 Å². The first-order valence-electron chi connectivity index (χ1n) is 8.30. The lowest BCUT2D eigenvalue weighted by Gasteiger charge is -2.31. The highest BCUT2D eigenvalue weighted by atomic mass is 16.5. The van der Waals surface area contributed by atoms with Crippen LogP contribution in [-0.2, 0) is 9.53 Å². The number of hydrogen-bond acceptors (Lipinski definition) is 3. The zero-order valence-electron chi connectivity index (χ0n) is 13.0. The summed E-state index contributed by atoms with van der Waals surface area (Å²) >= 11 is 0. The average Bonchev–Trinajstić information content (AvgIpc) is 2.84. The third kappa shape index (κ3) is 3.53. The Morgan fingerprint density at radius 1 is 1.30 bits per heavy atom. The van der Waals surface area contributed by atoms with Gasteiger partial charge < -0.3 is 15.8 Å². The van der Waals surface area contributed by atoms with Crippen molar-refractivity contribution in [1.29, 1.82) is 0 Å². The van der Waals surface area contributed by atoms with Gasteiger partial charge in [0, 0.05) is 6.42 Å². The van der Waals surface area contributed by atoms with Crippen LogP contribution in [0.3, 0.4) is 0 Å². The standard InChI is InChI=1S/C16H30N2O2/c1-3-12-6-5-7-13(10-12)20-14-8-9-16(11-14,15(17)19)18-4-2/h12-14,18H,3-11H2,1-2H3,(H2,17,19). The second-order valence-electron chi connectivity index (χ2n) is 6.54. The minimum atomic E-state index is -0.530. The van der Waals surface area contributed by atoms with E-state index >= 15 is 0 Å². The Labute approximate surface area is 122 Å². The molecule has 0 saturated heterocycles. The van der Waals surface area contributed by atoms with E-state index in [0.29, 0.717) is 6.10 Å². The van der Waals surface area contributed by atoms with E-state index in [9.17, 15) is 4.79 Å². The summed E-state index contributed by atoms with van der Waals surface area (Å²) in [6.07, 6.45) is 9.35. The molecule has 0 aromatic heterocycles. The summed E-state index contributed by atoms with van der Waals surface area (Å²) in [6, 6.07) is 0. The third-order valence-electron chi connectivity index (χ3n) is 5.15. The monoisotopic (exact) mass is 282 g/mol. The number of ether oxygens (including phenoxy) is 1. The van der Waals surface area contributed by atoms with E-state index in [1.807, 2.05) is 6.92 Å². The van der Waals surface area contributed by atoms with Gasteiger partial charge in [-0.25, -0.2) is 0 Å². The Bertz CT molecular complexity index is 334. The highest BCUT2D eigenvalue weighted by molar-refractivity contribution is 5.85. The predicted molar refractivity (Wildman–Crippen MR) is 80.4 cm³/mol. The fraction of sp³-hybridized carbons (Fsp3) is 0.938. The number of primary amides is 1. The molecule has 0 aromatic rings. The van der Waals surface area contributed by atoms with Crippen LogP contribution in [0.15, 0.2) is 0 Å². The number of carbonyl (C=O) groups is 1. The summed E-state index contributed by atoms with van der Waals surface area (Å²) in [5.41, 5.74) is 5.07. The van der Waals surface area contributed by atoms with Crippen LogP contribution in [0.1, 0.15) is 65.2 Å². The van der Waals surface area contributed by atoms with Gasteiger partial charge in [0.2, 0.25) is 5.91 Å². The number of rotatable bonds is 6. The lowest BCUT2D eigenvalue weighted by atomic mass is 9.85. The van der Waals surface area contributed by atoms with Crippen molar-refractivity contribution >= 4 is 5.91 Å². The summed E-state index contributed by atoms with van der Waals surface area (Å²) < 4.78 is 6.29. The maximum absolute atomic E-state index is 11.8. The van der Waals surface area contributed by atoms with Gasteiger partial charge in [0.15, 0.2) is 0 Å². The zero-order chi connectivity index (χ0) is 14.6. The highest BCUT2D eigenvalue weighted by Crippen LogP contribution is 2.36. The number of likely N-dealkylation sites (N-methyl/N-ethyl adjacent to an activating group) is 1. The normalized spacial score (nSPS) is 38.0. The van der Waals surface area contributed by atoms with Crippen LogP contribution in [-0.4, -0.2) is 30.2 Å². The Kier molecular flexibility index (Phi) is 5.44. The van der Waals surface area contributed by atoms with Crippen LogP contribution >= 0.6 is 0 Å². The molecule has 2 fully saturated rings. The van der Waals surface area contributed by atoms with E-state index in [-0.39, 0.29) is 12.0 Å². The van der Waals surface area contributed by atoms with Crippen molar-refractivity contribution in [2.24, 2.45) is 11.7 Å². The fourth-order valence-electron chi connectivity index (χ4n) is 3.93. The third-order valence-corrected chi connectivity index (χ3v) is 5.15. The molecule has 2 saturated carbocycles. The molecule has 2 aliphatic carbocycles. The quantitative estimate of drug-likeness (QED) is 0.786. The second-order valence-corrected chi connectivity index (χ2v) is 6.54. The molecular formula is C16H30N2O2. The number of nitrogens with two attached hydrogens (primary N) is 1. The molecule has 20 heavy (non-hydrogen) atoms. The van der Waals surface area contributed by atoms with Crippen LogP contribution in [0.2, 0.25) is 0 Å². The summed E-state index contributed by atoms with van der Waals surface area (Å²) in [4.78, 5) is 11.8. The molecule has 0 spiro atoms. The molecule has 3 N–H and O–H groups in total. The maximum atomic E-state index is 11.8. The average molecular weight is 282 g/mol. The number of hydrogen-bond donors (Lipinski definition) is 2. The molecule has 4 heteroatoms. The first kappa shape index (κ1) is 15.8. The van der Waals surface area contributed by atoms with Gasteiger partial charge >= 0.3 is 0 Å². The van der Waals surface area contributed by atoms with Gasteiger partial charge in [-0.1, -0.05) is 33.1 Å². The zero-order valence-corrected chi connectivity index (χ0v) is 13.0. The first-order chi connectivity index (χ1) is 9.59. The van der Waals surface area contributed by atoms with Crippen molar-refractivity contribution < 1.29 is 9.53 Å². The van der Waals surface area contributed by atoms with Gasteiger partial charge in [0.1, 0.15) is 5.54 Å². The minimum Gasteiger partial charge on any atom is -0.375 e. The molecule has 116 valence electrons. The first-order valence-corrected chi connectivity index (χ1v) is 8.30. The molecular weight excluding hydrogens is 252 g/mol. The van der Waals surface area contributed by atoms with Crippen molar-refractivity contribution in [2.75, 3.05) is 6.54 Å². The molecule has 4 unspecified atom stereocenters. The van der Waals surface area contributed by atoms with Gasteiger partial charge in [0.05, 0.1) is 12.2 Å². The molecule has 2 aliphatic rings. The van der Waals surface area contributed by atoms with Crippen molar-refractivity contribution in [2.45, 2.75) is 83.0 Å². The van der Waals surface area contributed by atoms with Crippen molar-refractivity contribution in [1.82, 2.24) is 5.32 Å². The van der Waals surface area contributed by atoms with Crippen molar-refractivity contribution in [3.63, 3.8) is 0 Å². The van der Waals surface area contributed by atoms with Crippen LogP contribution in [0.25, 0.3) is 0 Å². The van der Waals surface area contributed by atoms with Gasteiger partial charge in [-0.2, -0.15) is 0 Å². The fourth-order valence-corrected chi connectivity index (χ4v) is 3.93. The maximum Gasteiger partial charge on any atom is 0.237 e. The van der Waals surface area contributed by atoms with Crippen LogP contribution in [0, 0.1) is 5.92 Å². The topological polar surface area (TPSA) is 64.3 Å². The number of amides is 1. The molecule has 0 bridgehead atoms. The molecule has 4 atom stereocenters. The SMILES string of the molecule is CCNC1(C(N)=O)CCC(OC2CCCC(CC)C2)C1. The van der Waals surface area contributed by atoms with Crippen molar-refractivity contribution in [3.8, 4) is 0 Å². The molecule has 2 rings (SSSR count). The predicted octanol–water partition coefficient (Wildman–Crippen LogP) is 2.36. The lowest BCUT2D eigenvalue weighted by molar-refractivity contribution is -0.125. The molecule has 4 nitrogen and oxygen atoms in total. The molecule has 0 radical (unpaired) electrons. The van der Waals surface area contributed by atoms with Gasteiger partial charge in [-0.15, -0.1) is 0 Å².